The van der Waals surface area contributed by atoms with Crippen LogP contribution in [0.15, 0.2) is 17.5 Å². The zero-order valence-corrected chi connectivity index (χ0v) is 10.3. The van der Waals surface area contributed by atoms with Gasteiger partial charge in [0.1, 0.15) is 0 Å². The van der Waals surface area contributed by atoms with E-state index in [4.69, 9.17) is 0 Å². The number of rotatable bonds is 1. The number of nitrogens with one attached hydrogen (secondary N) is 1. The molecule has 0 saturated carbocycles. The number of thiophene rings is 1. The molecule has 0 spiro atoms. The number of hydrogen-bond donors (Lipinski definition) is 1. The van der Waals surface area contributed by atoms with Crippen LogP contribution in [0.2, 0.25) is 0 Å². The molecular weight excluding hydrogens is 230 g/mol. The minimum atomic E-state index is -2.93. The molecule has 0 amide bonds. The third kappa shape index (κ3) is 2.24. The van der Waals surface area contributed by atoms with E-state index in [1.54, 1.807) is 18.3 Å². The van der Waals surface area contributed by atoms with E-state index >= 15 is 0 Å². The normalized spacial score (nSPS) is 31.0. The molecule has 0 aromatic carbocycles. The van der Waals surface area contributed by atoms with Gasteiger partial charge in [0.05, 0.1) is 17.0 Å². The van der Waals surface area contributed by atoms with Gasteiger partial charge in [-0.3, -0.25) is 0 Å². The second-order valence-corrected chi connectivity index (χ2v) is 7.33. The van der Waals surface area contributed by atoms with Crippen molar-refractivity contribution in [1.82, 2.24) is 5.32 Å². The summed E-state index contributed by atoms with van der Waals surface area (Å²) in [6.07, 6.45) is 0.717. The van der Waals surface area contributed by atoms with E-state index in [-0.39, 0.29) is 11.3 Å². The van der Waals surface area contributed by atoms with Crippen LogP contribution >= 0.6 is 11.3 Å². The van der Waals surface area contributed by atoms with Crippen LogP contribution in [0.4, 0.5) is 0 Å². The zero-order chi connectivity index (χ0) is 10.9. The Bertz CT molecular complexity index is 411. The molecule has 84 valence electrons. The summed E-state index contributed by atoms with van der Waals surface area (Å²) in [7, 11) is -2.93. The first kappa shape index (κ1) is 11.1. The van der Waals surface area contributed by atoms with Crippen LogP contribution in [-0.4, -0.2) is 26.0 Å². The van der Waals surface area contributed by atoms with Crippen molar-refractivity contribution >= 4 is 21.2 Å². The quantitative estimate of drug-likeness (QED) is 0.817. The van der Waals surface area contributed by atoms with Gasteiger partial charge in [-0.25, -0.2) is 8.42 Å². The second-order valence-electron chi connectivity index (χ2n) is 3.87. The fraction of sp³-hybridized carbons (Fsp3) is 0.600. The van der Waals surface area contributed by atoms with Gasteiger partial charge in [0, 0.05) is 4.88 Å². The maximum atomic E-state index is 11.9. The van der Waals surface area contributed by atoms with Crippen LogP contribution in [0.5, 0.6) is 0 Å². The van der Waals surface area contributed by atoms with Crippen molar-refractivity contribution in [3.05, 3.63) is 22.4 Å². The molecule has 0 radical (unpaired) electrons. The van der Waals surface area contributed by atoms with Crippen LogP contribution in [-0.2, 0) is 9.84 Å². The molecule has 0 aliphatic carbocycles. The Hall–Kier alpha value is -0.390. The fourth-order valence-corrected chi connectivity index (χ4v) is 4.46. The zero-order valence-electron chi connectivity index (χ0n) is 8.64. The molecule has 1 N–H and O–H groups in total. The van der Waals surface area contributed by atoms with Gasteiger partial charge in [0.15, 0.2) is 9.84 Å². The van der Waals surface area contributed by atoms with Crippen molar-refractivity contribution < 1.29 is 8.42 Å². The number of sulfone groups is 1. The van der Waals surface area contributed by atoms with Crippen LogP contribution in [0, 0.1) is 0 Å². The fourth-order valence-electron chi connectivity index (χ4n) is 1.89. The van der Waals surface area contributed by atoms with Crippen LogP contribution < -0.4 is 5.32 Å². The summed E-state index contributed by atoms with van der Waals surface area (Å²) in [5, 5.41) is 4.99. The van der Waals surface area contributed by atoms with E-state index in [9.17, 15) is 8.42 Å². The lowest BCUT2D eigenvalue weighted by atomic mass is 10.2. The summed E-state index contributed by atoms with van der Waals surface area (Å²) in [6.45, 7) is 2.59. The van der Waals surface area contributed by atoms with E-state index in [0.29, 0.717) is 12.2 Å². The first-order chi connectivity index (χ1) is 7.11. The molecule has 2 rings (SSSR count). The second kappa shape index (κ2) is 4.23. The summed E-state index contributed by atoms with van der Waals surface area (Å²) in [6, 6.07) is 3.93. The molecule has 15 heavy (non-hydrogen) atoms. The molecule has 0 bridgehead atoms. The van der Waals surface area contributed by atoms with Gasteiger partial charge in [-0.1, -0.05) is 6.07 Å². The summed E-state index contributed by atoms with van der Waals surface area (Å²) < 4.78 is 23.7. The Morgan fingerprint density at radius 2 is 2.33 bits per heavy atom. The Balaban J connectivity index is 2.31. The molecule has 3 nitrogen and oxygen atoms in total. The first-order valence-corrected chi connectivity index (χ1v) is 7.69. The largest absolute Gasteiger partial charge is 0.308 e. The number of hydrogen-bond acceptors (Lipinski definition) is 4. The molecule has 1 aliphatic heterocycles. The highest BCUT2D eigenvalue weighted by atomic mass is 32.2. The smallest absolute Gasteiger partial charge is 0.154 e. The van der Waals surface area contributed by atoms with Gasteiger partial charge >= 0.3 is 0 Å². The molecule has 2 atom stereocenters. The molecule has 2 unspecified atom stereocenters. The Labute approximate surface area is 94.4 Å². The molecule has 2 heterocycles. The minimum Gasteiger partial charge on any atom is -0.308 e. The standard InChI is InChI=1S/C10H15NO2S2/c1-8-10(9-4-2-6-14-9)11-5-3-7-15(8,12)13/h2,4,6,8,10-11H,3,5,7H2,1H3. The average molecular weight is 245 g/mol. The van der Waals surface area contributed by atoms with Gasteiger partial charge in [-0.2, -0.15) is 0 Å². The molecule has 5 heteroatoms. The molecule has 1 saturated heterocycles. The first-order valence-electron chi connectivity index (χ1n) is 5.09. The summed E-state index contributed by atoms with van der Waals surface area (Å²) in [5.74, 6) is 0.309. The maximum Gasteiger partial charge on any atom is 0.154 e. The average Bonchev–Trinajstić information content (AvgIpc) is 2.66. The summed E-state index contributed by atoms with van der Waals surface area (Å²) in [5.41, 5.74) is 0. The van der Waals surface area contributed by atoms with Crippen LogP contribution in [0.1, 0.15) is 24.3 Å². The highest BCUT2D eigenvalue weighted by Gasteiger charge is 2.32. The molecule has 1 fully saturated rings. The van der Waals surface area contributed by atoms with Crippen molar-refractivity contribution in [3.63, 3.8) is 0 Å². The molecule has 1 aliphatic rings. The Kier molecular flexibility index (Phi) is 3.13. The summed E-state index contributed by atoms with van der Waals surface area (Å²) in [4.78, 5) is 1.12. The predicted octanol–water partition coefficient (Wildman–Crippen LogP) is 1.59. The van der Waals surface area contributed by atoms with Gasteiger partial charge in [0.25, 0.3) is 0 Å². The van der Waals surface area contributed by atoms with Crippen molar-refractivity contribution in [1.29, 1.82) is 0 Å². The SMILES string of the molecule is CC1C(c2cccs2)NCCCS1(=O)=O. The third-order valence-corrected chi connectivity index (χ3v) is 6.07. The van der Waals surface area contributed by atoms with Crippen LogP contribution in [0.25, 0.3) is 0 Å². The van der Waals surface area contributed by atoms with Gasteiger partial charge in [0.2, 0.25) is 0 Å². The summed E-state index contributed by atoms with van der Waals surface area (Å²) >= 11 is 1.62. The molecule has 1 aromatic heterocycles. The monoisotopic (exact) mass is 245 g/mol. The van der Waals surface area contributed by atoms with E-state index in [2.05, 4.69) is 5.32 Å². The highest BCUT2D eigenvalue weighted by Crippen LogP contribution is 2.28. The Morgan fingerprint density at radius 1 is 1.53 bits per heavy atom. The van der Waals surface area contributed by atoms with Crippen molar-refractivity contribution in [2.75, 3.05) is 12.3 Å². The Morgan fingerprint density at radius 3 is 3.00 bits per heavy atom. The van der Waals surface area contributed by atoms with Crippen molar-refractivity contribution in [2.45, 2.75) is 24.6 Å². The van der Waals surface area contributed by atoms with E-state index in [1.165, 1.54) is 0 Å². The van der Waals surface area contributed by atoms with Crippen molar-refractivity contribution in [3.8, 4) is 0 Å². The topological polar surface area (TPSA) is 46.2 Å². The maximum absolute atomic E-state index is 11.9. The lowest BCUT2D eigenvalue weighted by Gasteiger charge is -2.20. The molecular formula is C10H15NO2S2. The van der Waals surface area contributed by atoms with E-state index in [0.717, 1.165) is 11.4 Å². The van der Waals surface area contributed by atoms with Gasteiger partial charge < -0.3 is 5.32 Å². The third-order valence-electron chi connectivity index (χ3n) is 2.86. The lowest BCUT2D eigenvalue weighted by Crippen LogP contribution is -2.32. The predicted molar refractivity (Wildman–Crippen MR) is 62.9 cm³/mol. The van der Waals surface area contributed by atoms with E-state index in [1.807, 2.05) is 17.5 Å². The van der Waals surface area contributed by atoms with E-state index < -0.39 is 9.84 Å². The lowest BCUT2D eigenvalue weighted by molar-refractivity contribution is 0.526. The minimum absolute atomic E-state index is 0.0301. The van der Waals surface area contributed by atoms with Gasteiger partial charge in [-0.15, -0.1) is 11.3 Å². The van der Waals surface area contributed by atoms with Crippen molar-refractivity contribution in [2.24, 2.45) is 0 Å². The van der Waals surface area contributed by atoms with Gasteiger partial charge in [-0.05, 0) is 31.3 Å². The van der Waals surface area contributed by atoms with Crippen LogP contribution in [0.3, 0.4) is 0 Å². The highest BCUT2D eigenvalue weighted by molar-refractivity contribution is 7.92. The molecule has 1 aromatic rings.